The number of carbonyl (C=O) groups is 2. The standard InChI is InChI=1S/C37H66N4O2/c1-3-4-5-14-25-37(2,34-35(42)39-36(43)38-34)27-29(28-41(32-21-10-11-22-32)33-23-12-13-24-33)16-15-26-40(30-17-6-7-18-30)31-19-8-9-20-31/h29-34H,3-28H2,1-2H3,(H2,38,39,42,43). The van der Waals surface area contributed by atoms with Crippen molar-refractivity contribution in [2.75, 3.05) is 13.1 Å². The maximum Gasteiger partial charge on any atom is 0.322 e. The predicted octanol–water partition coefficient (Wildman–Crippen LogP) is 8.33. The molecule has 3 amide bonds. The number of hydrogen-bond donors (Lipinski definition) is 2. The van der Waals surface area contributed by atoms with Crippen molar-refractivity contribution < 1.29 is 9.59 Å². The highest BCUT2D eigenvalue weighted by molar-refractivity contribution is 6.04. The molecule has 4 saturated carbocycles. The number of nitrogens with zero attached hydrogens (tertiary/aromatic N) is 2. The van der Waals surface area contributed by atoms with Gasteiger partial charge in [-0.1, -0.05) is 90.9 Å². The lowest BCUT2D eigenvalue weighted by molar-refractivity contribution is -0.123. The van der Waals surface area contributed by atoms with Crippen molar-refractivity contribution in [1.82, 2.24) is 20.4 Å². The Bertz CT molecular complexity index is 825. The molecule has 246 valence electrons. The highest BCUT2D eigenvalue weighted by Crippen LogP contribution is 2.41. The molecule has 3 unspecified atom stereocenters. The molecule has 0 spiro atoms. The average molecular weight is 599 g/mol. The summed E-state index contributed by atoms with van der Waals surface area (Å²) in [5, 5.41) is 5.67. The molecule has 1 heterocycles. The molecule has 5 aliphatic rings. The summed E-state index contributed by atoms with van der Waals surface area (Å²) in [6.07, 6.45) is 31.7. The third-order valence-corrected chi connectivity index (χ3v) is 12.5. The van der Waals surface area contributed by atoms with Crippen LogP contribution in [-0.2, 0) is 4.79 Å². The van der Waals surface area contributed by atoms with Gasteiger partial charge in [-0.15, -0.1) is 0 Å². The number of carbonyl (C=O) groups excluding carboxylic acids is 2. The van der Waals surface area contributed by atoms with Gasteiger partial charge >= 0.3 is 6.03 Å². The van der Waals surface area contributed by atoms with Gasteiger partial charge in [0.1, 0.15) is 6.04 Å². The third kappa shape index (κ3) is 8.99. The SMILES string of the molecule is CCCCCCC(C)(CC(CCCN(C1CCCC1)C1CCCC1)CN(C1CCCC1)C1CCCC1)C1NC(=O)NC1=O. The van der Waals surface area contributed by atoms with Gasteiger partial charge in [-0.2, -0.15) is 0 Å². The van der Waals surface area contributed by atoms with E-state index in [0.29, 0.717) is 5.92 Å². The van der Waals surface area contributed by atoms with E-state index < -0.39 is 6.04 Å². The minimum atomic E-state index is -0.399. The highest BCUT2D eigenvalue weighted by atomic mass is 16.2. The van der Waals surface area contributed by atoms with Gasteiger partial charge in [0.2, 0.25) is 0 Å². The summed E-state index contributed by atoms with van der Waals surface area (Å²) in [6.45, 7) is 7.04. The summed E-state index contributed by atoms with van der Waals surface area (Å²) in [5.41, 5.74) is -0.206. The quantitative estimate of drug-likeness (QED) is 0.123. The summed E-state index contributed by atoms with van der Waals surface area (Å²) in [7, 11) is 0. The third-order valence-electron chi connectivity index (χ3n) is 12.5. The first-order valence-corrected chi connectivity index (χ1v) is 19.1. The van der Waals surface area contributed by atoms with Crippen molar-refractivity contribution >= 4 is 11.9 Å². The molecular formula is C37H66N4O2. The molecule has 0 aromatic heterocycles. The van der Waals surface area contributed by atoms with Crippen molar-refractivity contribution in [3.63, 3.8) is 0 Å². The second-order valence-electron chi connectivity index (χ2n) is 15.8. The van der Waals surface area contributed by atoms with Crippen molar-refractivity contribution in [3.8, 4) is 0 Å². The first kappa shape index (κ1) is 33.2. The number of unbranched alkanes of at least 4 members (excludes halogenated alkanes) is 3. The van der Waals surface area contributed by atoms with Crippen LogP contribution in [0.1, 0.15) is 168 Å². The second kappa shape index (κ2) is 16.4. The van der Waals surface area contributed by atoms with Crippen LogP contribution in [0.15, 0.2) is 0 Å². The van der Waals surface area contributed by atoms with Crippen LogP contribution in [0.4, 0.5) is 4.79 Å². The average Bonchev–Trinajstić information content (AvgIpc) is 3.84. The van der Waals surface area contributed by atoms with E-state index in [1.54, 1.807) is 0 Å². The number of imide groups is 1. The van der Waals surface area contributed by atoms with Crippen LogP contribution in [0.2, 0.25) is 0 Å². The molecule has 5 fully saturated rings. The number of hydrogen-bond acceptors (Lipinski definition) is 4. The molecule has 2 N–H and O–H groups in total. The zero-order chi connectivity index (χ0) is 30.1. The maximum atomic E-state index is 13.1. The van der Waals surface area contributed by atoms with Gasteiger partial charge in [-0.25, -0.2) is 4.79 Å². The first-order chi connectivity index (χ1) is 21.0. The topological polar surface area (TPSA) is 64.7 Å². The fourth-order valence-corrected chi connectivity index (χ4v) is 10.2. The van der Waals surface area contributed by atoms with E-state index >= 15 is 0 Å². The van der Waals surface area contributed by atoms with E-state index in [2.05, 4.69) is 34.3 Å². The fraction of sp³-hybridized carbons (Fsp3) is 0.946. The summed E-state index contributed by atoms with van der Waals surface area (Å²) in [4.78, 5) is 31.4. The Labute approximate surface area is 264 Å². The van der Waals surface area contributed by atoms with Crippen molar-refractivity contribution in [1.29, 1.82) is 0 Å². The smallest absolute Gasteiger partial charge is 0.322 e. The Balaban J connectivity index is 1.33. The summed E-state index contributed by atoms with van der Waals surface area (Å²) < 4.78 is 0. The molecule has 3 atom stereocenters. The molecule has 43 heavy (non-hydrogen) atoms. The number of amides is 3. The van der Waals surface area contributed by atoms with Crippen LogP contribution in [0.25, 0.3) is 0 Å². The molecule has 0 bridgehead atoms. The minimum Gasteiger partial charge on any atom is -0.325 e. The van der Waals surface area contributed by atoms with E-state index in [9.17, 15) is 9.59 Å². The second-order valence-corrected chi connectivity index (χ2v) is 15.8. The van der Waals surface area contributed by atoms with Crippen molar-refractivity contribution in [2.24, 2.45) is 11.3 Å². The predicted molar refractivity (Wildman–Crippen MR) is 177 cm³/mol. The Morgan fingerprint density at radius 1 is 0.721 bits per heavy atom. The van der Waals surface area contributed by atoms with Crippen LogP contribution in [-0.4, -0.2) is 65.0 Å². The van der Waals surface area contributed by atoms with Crippen LogP contribution in [0.3, 0.4) is 0 Å². The minimum absolute atomic E-state index is 0.0983. The zero-order valence-corrected chi connectivity index (χ0v) is 28.1. The molecule has 0 radical (unpaired) electrons. The Morgan fingerprint density at radius 2 is 1.23 bits per heavy atom. The fourth-order valence-electron chi connectivity index (χ4n) is 10.2. The lowest BCUT2D eigenvalue weighted by Gasteiger charge is -2.42. The lowest BCUT2D eigenvalue weighted by atomic mass is 9.70. The van der Waals surface area contributed by atoms with Crippen molar-refractivity contribution in [3.05, 3.63) is 0 Å². The molecule has 6 heteroatoms. The van der Waals surface area contributed by atoms with E-state index in [4.69, 9.17) is 0 Å². The van der Waals surface area contributed by atoms with Gasteiger partial charge in [0.05, 0.1) is 0 Å². The molecule has 6 nitrogen and oxygen atoms in total. The maximum absolute atomic E-state index is 13.1. The molecule has 5 rings (SSSR count). The monoisotopic (exact) mass is 599 g/mol. The number of rotatable bonds is 18. The Hall–Kier alpha value is -1.14. The van der Waals surface area contributed by atoms with Crippen LogP contribution in [0, 0.1) is 11.3 Å². The summed E-state index contributed by atoms with van der Waals surface area (Å²) >= 11 is 0. The van der Waals surface area contributed by atoms with Gasteiger partial charge in [-0.05, 0) is 94.9 Å². The molecule has 0 aromatic rings. The molecule has 1 aliphatic heterocycles. The van der Waals surface area contributed by atoms with Gasteiger partial charge < -0.3 is 5.32 Å². The van der Waals surface area contributed by atoms with Gasteiger partial charge in [0.15, 0.2) is 0 Å². The highest BCUT2D eigenvalue weighted by Gasteiger charge is 2.46. The Morgan fingerprint density at radius 3 is 1.70 bits per heavy atom. The number of urea groups is 1. The molecule has 0 aromatic carbocycles. The summed E-state index contributed by atoms with van der Waals surface area (Å²) in [5.74, 6) is 0.468. The lowest BCUT2D eigenvalue weighted by Crippen LogP contribution is -2.49. The molecule has 1 saturated heterocycles. The molecular weight excluding hydrogens is 532 g/mol. The van der Waals surface area contributed by atoms with Crippen LogP contribution in [0.5, 0.6) is 0 Å². The van der Waals surface area contributed by atoms with E-state index in [1.807, 2.05) is 0 Å². The van der Waals surface area contributed by atoms with Crippen LogP contribution < -0.4 is 10.6 Å². The van der Waals surface area contributed by atoms with Crippen molar-refractivity contribution in [2.45, 2.75) is 198 Å². The number of nitrogens with one attached hydrogen (secondary N) is 2. The van der Waals surface area contributed by atoms with E-state index in [0.717, 1.165) is 43.4 Å². The van der Waals surface area contributed by atoms with Gasteiger partial charge in [-0.3, -0.25) is 19.9 Å². The van der Waals surface area contributed by atoms with Gasteiger partial charge in [0, 0.05) is 30.7 Å². The normalized spacial score (nSPS) is 26.7. The largest absolute Gasteiger partial charge is 0.325 e. The van der Waals surface area contributed by atoms with E-state index in [1.165, 1.54) is 148 Å². The zero-order valence-electron chi connectivity index (χ0n) is 28.1. The molecule has 4 aliphatic carbocycles. The van der Waals surface area contributed by atoms with Crippen LogP contribution >= 0.6 is 0 Å². The first-order valence-electron chi connectivity index (χ1n) is 19.1. The Kier molecular flexibility index (Phi) is 12.7. The van der Waals surface area contributed by atoms with Gasteiger partial charge in [0.25, 0.3) is 5.91 Å². The summed E-state index contributed by atoms with van der Waals surface area (Å²) in [6, 6.07) is 2.44. The van der Waals surface area contributed by atoms with E-state index in [-0.39, 0.29) is 17.4 Å².